The normalized spacial score (nSPS) is 9.88. The first-order valence-electron chi connectivity index (χ1n) is 4.49. The monoisotopic (exact) mass is 260 g/mol. The third-order valence-corrected chi connectivity index (χ3v) is 2.37. The second kappa shape index (κ2) is 5.72. The van der Waals surface area contributed by atoms with Gasteiger partial charge in [-0.3, -0.25) is 9.59 Å². The van der Waals surface area contributed by atoms with Gasteiger partial charge in [0.25, 0.3) is 0 Å². The number of primary amides is 1. The Bertz CT molecular complexity index is 421. The van der Waals surface area contributed by atoms with Gasteiger partial charge in [-0.15, -0.1) is 11.6 Å². The molecular weight excluding hydrogens is 251 g/mol. The number of alkyl halides is 1. The number of anilines is 1. The van der Waals surface area contributed by atoms with E-state index in [4.69, 9.17) is 28.9 Å². The molecule has 0 fully saturated rings. The Kier molecular flexibility index (Phi) is 4.58. The largest absolute Gasteiger partial charge is 0.366 e. The molecule has 16 heavy (non-hydrogen) atoms. The number of nitrogens with one attached hydrogen (secondary N) is 1. The van der Waals surface area contributed by atoms with E-state index in [2.05, 4.69) is 5.32 Å². The van der Waals surface area contributed by atoms with E-state index in [1.165, 1.54) is 18.2 Å². The van der Waals surface area contributed by atoms with Crippen LogP contribution >= 0.6 is 23.2 Å². The number of carbonyl (C=O) groups excluding carboxylic acids is 2. The third-order valence-electron chi connectivity index (χ3n) is 1.85. The van der Waals surface area contributed by atoms with Crippen molar-refractivity contribution in [3.8, 4) is 0 Å². The number of halogens is 2. The van der Waals surface area contributed by atoms with Gasteiger partial charge < -0.3 is 11.1 Å². The van der Waals surface area contributed by atoms with Crippen LogP contribution in [0.3, 0.4) is 0 Å². The van der Waals surface area contributed by atoms with E-state index < -0.39 is 5.91 Å². The molecule has 0 aromatic heterocycles. The van der Waals surface area contributed by atoms with Gasteiger partial charge >= 0.3 is 0 Å². The number of hydrogen-bond acceptors (Lipinski definition) is 2. The molecule has 1 aromatic rings. The van der Waals surface area contributed by atoms with Crippen LogP contribution in [0, 0.1) is 0 Å². The van der Waals surface area contributed by atoms with Crippen molar-refractivity contribution in [2.75, 3.05) is 11.2 Å². The maximum atomic E-state index is 11.3. The highest BCUT2D eigenvalue weighted by Crippen LogP contribution is 2.23. The minimum Gasteiger partial charge on any atom is -0.366 e. The molecule has 0 spiro atoms. The molecule has 0 aliphatic rings. The predicted octanol–water partition coefficient (Wildman–Crippen LogP) is 2.01. The number of benzene rings is 1. The number of amides is 2. The summed E-state index contributed by atoms with van der Waals surface area (Å²) in [6, 6.07) is 4.41. The first-order chi connectivity index (χ1) is 7.54. The Morgan fingerprint density at radius 1 is 1.38 bits per heavy atom. The van der Waals surface area contributed by atoms with Crippen LogP contribution in [-0.2, 0) is 4.79 Å². The van der Waals surface area contributed by atoms with E-state index in [0.717, 1.165) is 0 Å². The van der Waals surface area contributed by atoms with Crippen molar-refractivity contribution in [1.29, 1.82) is 0 Å². The van der Waals surface area contributed by atoms with Crippen molar-refractivity contribution in [1.82, 2.24) is 0 Å². The van der Waals surface area contributed by atoms with E-state index >= 15 is 0 Å². The van der Waals surface area contributed by atoms with Crippen molar-refractivity contribution < 1.29 is 9.59 Å². The molecule has 0 saturated carbocycles. The van der Waals surface area contributed by atoms with E-state index in [1.54, 1.807) is 0 Å². The lowest BCUT2D eigenvalue weighted by Gasteiger charge is -2.07. The van der Waals surface area contributed by atoms with Crippen LogP contribution in [-0.4, -0.2) is 17.7 Å². The van der Waals surface area contributed by atoms with Crippen LogP contribution in [0.2, 0.25) is 5.02 Å². The summed E-state index contributed by atoms with van der Waals surface area (Å²) >= 11 is 11.3. The van der Waals surface area contributed by atoms with Gasteiger partial charge in [0.05, 0.1) is 10.7 Å². The third kappa shape index (κ3) is 3.40. The SMILES string of the molecule is NC(=O)c1ccc(Cl)c(NC(=O)CCCl)c1. The topological polar surface area (TPSA) is 72.2 Å². The van der Waals surface area contributed by atoms with Gasteiger partial charge in [0, 0.05) is 17.9 Å². The maximum absolute atomic E-state index is 11.3. The smallest absolute Gasteiger partial charge is 0.248 e. The van der Waals surface area contributed by atoms with Crippen molar-refractivity contribution in [3.05, 3.63) is 28.8 Å². The molecule has 0 saturated heterocycles. The lowest BCUT2D eigenvalue weighted by Crippen LogP contribution is -2.14. The second-order valence-electron chi connectivity index (χ2n) is 3.05. The number of nitrogens with two attached hydrogens (primary N) is 1. The van der Waals surface area contributed by atoms with Crippen molar-refractivity contribution in [2.24, 2.45) is 5.73 Å². The van der Waals surface area contributed by atoms with Crippen molar-refractivity contribution >= 4 is 40.7 Å². The minimum atomic E-state index is -0.579. The highest BCUT2D eigenvalue weighted by Gasteiger charge is 2.08. The zero-order valence-electron chi connectivity index (χ0n) is 8.30. The minimum absolute atomic E-state index is 0.179. The Morgan fingerprint density at radius 2 is 2.06 bits per heavy atom. The Balaban J connectivity index is 2.90. The van der Waals surface area contributed by atoms with Crippen LogP contribution < -0.4 is 11.1 Å². The fraction of sp³-hybridized carbons (Fsp3) is 0.200. The molecule has 2 amide bonds. The zero-order valence-corrected chi connectivity index (χ0v) is 9.81. The van der Waals surface area contributed by atoms with E-state index in [9.17, 15) is 9.59 Å². The maximum Gasteiger partial charge on any atom is 0.248 e. The van der Waals surface area contributed by atoms with E-state index in [-0.39, 0.29) is 23.8 Å². The van der Waals surface area contributed by atoms with Gasteiger partial charge in [-0.05, 0) is 18.2 Å². The van der Waals surface area contributed by atoms with Crippen LogP contribution in [0.25, 0.3) is 0 Å². The summed E-state index contributed by atoms with van der Waals surface area (Å²) in [5, 5.41) is 2.88. The summed E-state index contributed by atoms with van der Waals surface area (Å²) in [5.74, 6) is -0.623. The lowest BCUT2D eigenvalue weighted by molar-refractivity contribution is -0.115. The zero-order chi connectivity index (χ0) is 12.1. The van der Waals surface area contributed by atoms with Gasteiger partial charge in [-0.1, -0.05) is 11.6 Å². The van der Waals surface area contributed by atoms with Gasteiger partial charge in [-0.2, -0.15) is 0 Å². The fourth-order valence-corrected chi connectivity index (χ4v) is 1.41. The van der Waals surface area contributed by atoms with Gasteiger partial charge in [0.15, 0.2) is 0 Å². The van der Waals surface area contributed by atoms with Crippen LogP contribution in [0.15, 0.2) is 18.2 Å². The summed E-state index contributed by atoms with van der Waals surface area (Å²) in [6.07, 6.45) is 0.179. The van der Waals surface area contributed by atoms with Crippen LogP contribution in [0.5, 0.6) is 0 Å². The molecule has 1 aromatic carbocycles. The lowest BCUT2D eigenvalue weighted by atomic mass is 10.2. The van der Waals surface area contributed by atoms with Crippen molar-refractivity contribution in [3.63, 3.8) is 0 Å². The van der Waals surface area contributed by atoms with Crippen LogP contribution in [0.1, 0.15) is 16.8 Å². The summed E-state index contributed by atoms with van der Waals surface area (Å²) in [7, 11) is 0. The molecule has 0 radical (unpaired) electrons. The summed E-state index contributed by atoms with van der Waals surface area (Å²) in [4.78, 5) is 22.2. The average molecular weight is 261 g/mol. The van der Waals surface area contributed by atoms with E-state index in [0.29, 0.717) is 10.7 Å². The molecule has 0 atom stereocenters. The Morgan fingerprint density at radius 3 is 2.62 bits per heavy atom. The molecule has 0 unspecified atom stereocenters. The highest BCUT2D eigenvalue weighted by atomic mass is 35.5. The molecule has 0 aliphatic heterocycles. The quantitative estimate of drug-likeness (QED) is 0.813. The number of hydrogen-bond donors (Lipinski definition) is 2. The molecule has 0 heterocycles. The first-order valence-corrected chi connectivity index (χ1v) is 5.41. The van der Waals surface area contributed by atoms with Crippen LogP contribution in [0.4, 0.5) is 5.69 Å². The molecule has 4 nitrogen and oxygen atoms in total. The molecule has 6 heteroatoms. The number of carbonyl (C=O) groups is 2. The molecular formula is C10H10Cl2N2O2. The second-order valence-corrected chi connectivity index (χ2v) is 3.83. The van der Waals surface area contributed by atoms with E-state index in [1.807, 2.05) is 0 Å². The fourth-order valence-electron chi connectivity index (χ4n) is 1.07. The average Bonchev–Trinajstić information content (AvgIpc) is 2.21. The first kappa shape index (κ1) is 12.8. The highest BCUT2D eigenvalue weighted by molar-refractivity contribution is 6.34. The summed E-state index contributed by atoms with van der Waals surface area (Å²) < 4.78 is 0. The predicted molar refractivity (Wildman–Crippen MR) is 63.9 cm³/mol. The number of rotatable bonds is 4. The summed E-state index contributed by atoms with van der Waals surface area (Å²) in [5.41, 5.74) is 5.74. The molecule has 0 aliphatic carbocycles. The Labute approximate surface area is 103 Å². The molecule has 1 rings (SSSR count). The molecule has 0 bridgehead atoms. The molecule has 86 valence electrons. The molecule has 3 N–H and O–H groups in total. The van der Waals surface area contributed by atoms with Gasteiger partial charge in [-0.25, -0.2) is 0 Å². The Hall–Kier alpha value is -1.26. The standard InChI is InChI=1S/C10H10Cl2N2O2/c11-4-3-9(15)14-8-5-6(10(13)16)1-2-7(8)12/h1-2,5H,3-4H2,(H2,13,16)(H,14,15). The van der Waals surface area contributed by atoms with Gasteiger partial charge in [0.1, 0.15) is 0 Å². The van der Waals surface area contributed by atoms with Crippen molar-refractivity contribution in [2.45, 2.75) is 6.42 Å². The van der Waals surface area contributed by atoms with Gasteiger partial charge in [0.2, 0.25) is 11.8 Å². The summed E-state index contributed by atoms with van der Waals surface area (Å²) in [6.45, 7) is 0.